The number of nitrogens with one attached hydrogen (secondary N) is 1. The smallest absolute Gasteiger partial charge is 0.244 e. The summed E-state index contributed by atoms with van der Waals surface area (Å²) in [7, 11) is -0.532. The minimum Gasteiger partial charge on any atom is -0.497 e. The molecule has 1 heterocycles. The Morgan fingerprint density at radius 3 is 2.39 bits per heavy atom. The van der Waals surface area contributed by atoms with E-state index in [2.05, 4.69) is 10.5 Å². The molecule has 9 heteroatoms. The van der Waals surface area contributed by atoms with Gasteiger partial charge in [-0.1, -0.05) is 17.7 Å². The molecule has 0 bridgehead atoms. The summed E-state index contributed by atoms with van der Waals surface area (Å²) in [5.41, 5.74) is 4.21. The van der Waals surface area contributed by atoms with E-state index in [1.807, 2.05) is 6.92 Å². The summed E-state index contributed by atoms with van der Waals surface area (Å²) in [6.45, 7) is 2.43. The third-order valence-electron chi connectivity index (χ3n) is 5.18. The number of methoxy groups -OCH3 is 2. The zero-order chi connectivity index (χ0) is 22.4. The Hall–Kier alpha value is -2.91. The molecule has 1 fully saturated rings. The van der Waals surface area contributed by atoms with Crippen molar-refractivity contribution < 1.29 is 22.7 Å². The van der Waals surface area contributed by atoms with E-state index in [4.69, 9.17) is 9.47 Å². The summed E-state index contributed by atoms with van der Waals surface area (Å²) in [5, 5.41) is 4.02. The van der Waals surface area contributed by atoms with Crippen LogP contribution in [0.1, 0.15) is 24.0 Å². The van der Waals surface area contributed by atoms with Crippen molar-refractivity contribution in [2.45, 2.75) is 24.7 Å². The molecule has 1 unspecified atom stereocenters. The van der Waals surface area contributed by atoms with Crippen molar-refractivity contribution in [2.75, 3.05) is 27.3 Å². The van der Waals surface area contributed by atoms with E-state index in [1.165, 1.54) is 10.5 Å². The van der Waals surface area contributed by atoms with Gasteiger partial charge in [-0.15, -0.1) is 0 Å². The first-order chi connectivity index (χ1) is 14.8. The van der Waals surface area contributed by atoms with E-state index in [1.54, 1.807) is 56.7 Å². The van der Waals surface area contributed by atoms with Crippen LogP contribution in [-0.2, 0) is 14.8 Å². The topological polar surface area (TPSA) is 97.3 Å². The maximum Gasteiger partial charge on any atom is 0.244 e. The van der Waals surface area contributed by atoms with E-state index in [0.29, 0.717) is 36.4 Å². The Balaban J connectivity index is 1.65. The Kier molecular flexibility index (Phi) is 7.29. The molecule has 8 nitrogen and oxygen atoms in total. The number of benzene rings is 2. The fourth-order valence-corrected chi connectivity index (χ4v) is 4.92. The number of hydrazone groups is 1. The molecule has 1 saturated heterocycles. The number of hydrogen-bond donors (Lipinski definition) is 1. The van der Waals surface area contributed by atoms with Gasteiger partial charge in [-0.3, -0.25) is 4.79 Å². The molecule has 0 aliphatic carbocycles. The molecule has 0 aromatic heterocycles. The molecular weight excluding hydrogens is 418 g/mol. The average Bonchev–Trinajstić information content (AvgIpc) is 2.79. The summed E-state index contributed by atoms with van der Waals surface area (Å²) in [4.78, 5) is 12.8. The van der Waals surface area contributed by atoms with Crippen molar-refractivity contribution in [1.82, 2.24) is 9.73 Å². The summed E-state index contributed by atoms with van der Waals surface area (Å²) in [6, 6.07) is 12.0. The van der Waals surface area contributed by atoms with Gasteiger partial charge in [-0.25, -0.2) is 13.8 Å². The van der Waals surface area contributed by atoms with E-state index in [-0.39, 0.29) is 17.3 Å². The molecule has 0 saturated carbocycles. The van der Waals surface area contributed by atoms with Crippen LogP contribution in [0.3, 0.4) is 0 Å². The maximum absolute atomic E-state index is 12.9. The second-order valence-electron chi connectivity index (χ2n) is 7.40. The second kappa shape index (κ2) is 9.93. The molecule has 0 radical (unpaired) electrons. The molecule has 3 rings (SSSR count). The monoisotopic (exact) mass is 445 g/mol. The van der Waals surface area contributed by atoms with Crippen LogP contribution in [0.2, 0.25) is 0 Å². The lowest BCUT2D eigenvalue weighted by Crippen LogP contribution is -2.44. The van der Waals surface area contributed by atoms with E-state index < -0.39 is 15.9 Å². The molecule has 1 amide bonds. The number of carbonyl (C=O) groups excluding carboxylic acids is 1. The van der Waals surface area contributed by atoms with Crippen molar-refractivity contribution in [1.29, 1.82) is 0 Å². The van der Waals surface area contributed by atoms with E-state index in [9.17, 15) is 13.2 Å². The van der Waals surface area contributed by atoms with Crippen LogP contribution in [0.5, 0.6) is 11.5 Å². The third kappa shape index (κ3) is 5.62. The van der Waals surface area contributed by atoms with Crippen molar-refractivity contribution in [3.05, 3.63) is 53.6 Å². The minimum absolute atomic E-state index is 0.130. The quantitative estimate of drug-likeness (QED) is 0.522. The van der Waals surface area contributed by atoms with Gasteiger partial charge in [0.15, 0.2) is 0 Å². The number of nitrogens with zero attached hydrogens (tertiary/aromatic N) is 2. The number of sulfonamides is 1. The standard InChI is InChI=1S/C22H27N3O5S/c1-16-6-8-21(9-7-16)31(27,28)25-10-4-5-18(15-25)22(26)24-23-14-17-11-19(29-2)13-20(12-17)30-3/h6-9,11-14,18H,4-5,10,15H2,1-3H3,(H,24,26)/b23-14+. The number of hydrogen-bond acceptors (Lipinski definition) is 6. The number of amides is 1. The van der Waals surface area contributed by atoms with Crippen LogP contribution in [0.4, 0.5) is 0 Å². The fraction of sp³-hybridized carbons (Fsp3) is 0.364. The number of carbonyl (C=O) groups is 1. The fourth-order valence-electron chi connectivity index (χ4n) is 3.40. The molecule has 1 N–H and O–H groups in total. The van der Waals surface area contributed by atoms with Gasteiger partial charge in [-0.2, -0.15) is 9.41 Å². The van der Waals surface area contributed by atoms with Crippen molar-refractivity contribution in [3.8, 4) is 11.5 Å². The second-order valence-corrected chi connectivity index (χ2v) is 9.33. The van der Waals surface area contributed by atoms with Crippen LogP contribution in [0, 0.1) is 12.8 Å². The zero-order valence-corrected chi connectivity index (χ0v) is 18.7. The molecule has 166 valence electrons. The molecule has 31 heavy (non-hydrogen) atoms. The van der Waals surface area contributed by atoms with Crippen LogP contribution in [-0.4, -0.2) is 52.2 Å². The highest BCUT2D eigenvalue weighted by molar-refractivity contribution is 7.89. The lowest BCUT2D eigenvalue weighted by atomic mass is 9.99. The first kappa shape index (κ1) is 22.8. The minimum atomic E-state index is -3.64. The lowest BCUT2D eigenvalue weighted by molar-refractivity contribution is -0.126. The van der Waals surface area contributed by atoms with Crippen LogP contribution in [0.15, 0.2) is 52.5 Å². The molecular formula is C22H27N3O5S. The van der Waals surface area contributed by atoms with Crippen molar-refractivity contribution >= 4 is 22.1 Å². The highest BCUT2D eigenvalue weighted by Crippen LogP contribution is 2.24. The molecule has 1 atom stereocenters. The average molecular weight is 446 g/mol. The van der Waals surface area contributed by atoms with Gasteiger partial charge < -0.3 is 9.47 Å². The molecule has 1 aliphatic heterocycles. The van der Waals surface area contributed by atoms with Crippen molar-refractivity contribution in [2.24, 2.45) is 11.0 Å². The van der Waals surface area contributed by atoms with Gasteiger partial charge in [0.1, 0.15) is 11.5 Å². The third-order valence-corrected chi connectivity index (χ3v) is 7.06. The SMILES string of the molecule is COc1cc(/C=N/NC(=O)C2CCCN(S(=O)(=O)c3ccc(C)cc3)C2)cc(OC)c1. The van der Waals surface area contributed by atoms with Gasteiger partial charge >= 0.3 is 0 Å². The zero-order valence-electron chi connectivity index (χ0n) is 17.9. The van der Waals surface area contributed by atoms with Gasteiger partial charge in [0, 0.05) is 24.7 Å². The number of aryl methyl sites for hydroxylation is 1. The molecule has 1 aliphatic rings. The van der Waals surface area contributed by atoms with Gasteiger partial charge in [-0.05, 0) is 44.0 Å². The predicted molar refractivity (Wildman–Crippen MR) is 118 cm³/mol. The van der Waals surface area contributed by atoms with E-state index >= 15 is 0 Å². The van der Waals surface area contributed by atoms with Gasteiger partial charge in [0.2, 0.25) is 15.9 Å². The summed E-state index contributed by atoms with van der Waals surface area (Å²) >= 11 is 0. The first-order valence-corrected chi connectivity index (χ1v) is 11.4. The number of ether oxygens (including phenoxy) is 2. The Morgan fingerprint density at radius 1 is 1.13 bits per heavy atom. The van der Waals surface area contributed by atoms with Crippen LogP contribution in [0.25, 0.3) is 0 Å². The summed E-state index contributed by atoms with van der Waals surface area (Å²) < 4.78 is 37.7. The lowest BCUT2D eigenvalue weighted by Gasteiger charge is -2.30. The highest BCUT2D eigenvalue weighted by Gasteiger charge is 2.33. The molecule has 2 aromatic carbocycles. The summed E-state index contributed by atoms with van der Waals surface area (Å²) in [6.07, 6.45) is 2.71. The Labute approximate surface area is 182 Å². The normalized spacial score (nSPS) is 17.5. The first-order valence-electron chi connectivity index (χ1n) is 9.96. The molecule has 0 spiro atoms. The highest BCUT2D eigenvalue weighted by atomic mass is 32.2. The predicted octanol–water partition coefficient (Wildman–Crippen LogP) is 2.56. The van der Waals surface area contributed by atoms with Crippen LogP contribution >= 0.6 is 0 Å². The Morgan fingerprint density at radius 2 is 1.77 bits per heavy atom. The molecule has 2 aromatic rings. The van der Waals surface area contributed by atoms with Gasteiger partial charge in [0.05, 0.1) is 31.2 Å². The summed E-state index contributed by atoms with van der Waals surface area (Å²) in [5.74, 6) is 0.439. The van der Waals surface area contributed by atoms with Crippen molar-refractivity contribution in [3.63, 3.8) is 0 Å². The van der Waals surface area contributed by atoms with Gasteiger partial charge in [0.25, 0.3) is 0 Å². The largest absolute Gasteiger partial charge is 0.497 e. The Bertz CT molecular complexity index is 1030. The van der Waals surface area contributed by atoms with E-state index in [0.717, 1.165) is 5.56 Å². The maximum atomic E-state index is 12.9. The number of rotatable bonds is 7. The van der Waals surface area contributed by atoms with Crippen LogP contribution < -0.4 is 14.9 Å². The number of piperidine rings is 1.